The van der Waals surface area contributed by atoms with Crippen molar-refractivity contribution in [2.75, 3.05) is 40.4 Å². The van der Waals surface area contributed by atoms with Crippen LogP contribution in [0.1, 0.15) is 27.2 Å². The van der Waals surface area contributed by atoms with Gasteiger partial charge in [0.2, 0.25) is 11.8 Å². The zero-order chi connectivity index (χ0) is 14.9. The van der Waals surface area contributed by atoms with Crippen molar-refractivity contribution < 1.29 is 14.3 Å². The van der Waals surface area contributed by atoms with Crippen molar-refractivity contribution in [2.24, 2.45) is 0 Å². The van der Waals surface area contributed by atoms with Gasteiger partial charge in [-0.2, -0.15) is 0 Å². The summed E-state index contributed by atoms with van der Waals surface area (Å²) in [6, 6.07) is 0. The van der Waals surface area contributed by atoms with E-state index in [1.54, 1.807) is 14.2 Å². The number of nitrogens with zero attached hydrogens (tertiary/aromatic N) is 1. The minimum Gasteiger partial charge on any atom is -0.383 e. The Morgan fingerprint density at radius 1 is 1.21 bits per heavy atom. The molecule has 112 valence electrons. The van der Waals surface area contributed by atoms with Crippen molar-refractivity contribution >= 4 is 11.8 Å². The van der Waals surface area contributed by atoms with E-state index in [4.69, 9.17) is 4.74 Å². The van der Waals surface area contributed by atoms with Crippen molar-refractivity contribution in [3.8, 4) is 0 Å². The van der Waals surface area contributed by atoms with E-state index in [1.165, 1.54) is 4.90 Å². The van der Waals surface area contributed by atoms with E-state index in [9.17, 15) is 9.59 Å². The van der Waals surface area contributed by atoms with Crippen LogP contribution in [0, 0.1) is 0 Å². The number of rotatable bonds is 8. The molecule has 0 aliphatic rings. The second kappa shape index (κ2) is 8.87. The monoisotopic (exact) mass is 273 g/mol. The van der Waals surface area contributed by atoms with Crippen LogP contribution in [0.15, 0.2) is 0 Å². The van der Waals surface area contributed by atoms with Gasteiger partial charge in [0.15, 0.2) is 0 Å². The first kappa shape index (κ1) is 17.9. The van der Waals surface area contributed by atoms with Crippen molar-refractivity contribution in [3.05, 3.63) is 0 Å². The molecule has 0 rings (SSSR count). The minimum absolute atomic E-state index is 0.00359. The van der Waals surface area contributed by atoms with Crippen molar-refractivity contribution in [2.45, 2.75) is 32.7 Å². The molecular formula is C13H27N3O3. The second-order valence-corrected chi connectivity index (χ2v) is 5.52. The van der Waals surface area contributed by atoms with Gasteiger partial charge in [0.25, 0.3) is 0 Å². The molecule has 0 radical (unpaired) electrons. The number of hydrogen-bond acceptors (Lipinski definition) is 4. The van der Waals surface area contributed by atoms with Crippen LogP contribution in [0.4, 0.5) is 0 Å². The summed E-state index contributed by atoms with van der Waals surface area (Å²) in [6.07, 6.45) is 0.388. The molecule has 0 aliphatic heterocycles. The maximum Gasteiger partial charge on any atom is 0.239 e. The Morgan fingerprint density at radius 3 is 2.37 bits per heavy atom. The van der Waals surface area contributed by atoms with E-state index in [1.807, 2.05) is 20.8 Å². The molecule has 0 unspecified atom stereocenters. The average molecular weight is 273 g/mol. The van der Waals surface area contributed by atoms with Crippen LogP contribution in [0.25, 0.3) is 0 Å². The molecule has 2 amide bonds. The van der Waals surface area contributed by atoms with E-state index in [0.717, 1.165) is 0 Å². The van der Waals surface area contributed by atoms with Gasteiger partial charge in [-0.3, -0.25) is 9.59 Å². The number of ether oxygens (including phenoxy) is 1. The molecule has 2 N–H and O–H groups in total. The summed E-state index contributed by atoms with van der Waals surface area (Å²) in [5, 5.41) is 5.91. The van der Waals surface area contributed by atoms with Gasteiger partial charge in [-0.15, -0.1) is 0 Å². The molecule has 0 fully saturated rings. The number of likely N-dealkylation sites (N-methyl/N-ethyl adjacent to an activating group) is 1. The van der Waals surface area contributed by atoms with Gasteiger partial charge in [-0.25, -0.2) is 0 Å². The predicted octanol–water partition coefficient (Wildman–Crippen LogP) is -0.0144. The Hall–Kier alpha value is -1.14. The largest absolute Gasteiger partial charge is 0.383 e. The van der Waals surface area contributed by atoms with Gasteiger partial charge < -0.3 is 20.3 Å². The highest BCUT2D eigenvalue weighted by Gasteiger charge is 2.14. The Bertz CT molecular complexity index is 287. The molecule has 0 aromatic rings. The number of methoxy groups -OCH3 is 1. The van der Waals surface area contributed by atoms with Gasteiger partial charge in [0.1, 0.15) is 0 Å². The van der Waals surface area contributed by atoms with Gasteiger partial charge in [0, 0.05) is 39.2 Å². The fourth-order valence-corrected chi connectivity index (χ4v) is 1.39. The van der Waals surface area contributed by atoms with Gasteiger partial charge in [0.05, 0.1) is 13.2 Å². The third-order valence-electron chi connectivity index (χ3n) is 2.43. The lowest BCUT2D eigenvalue weighted by Crippen LogP contribution is -2.42. The molecule has 0 aromatic carbocycles. The normalized spacial score (nSPS) is 11.2. The van der Waals surface area contributed by atoms with Crippen LogP contribution in [-0.4, -0.2) is 62.7 Å². The molecular weight excluding hydrogens is 246 g/mol. The Balaban J connectivity index is 3.84. The average Bonchev–Trinajstić information content (AvgIpc) is 2.27. The predicted molar refractivity (Wildman–Crippen MR) is 74.9 cm³/mol. The lowest BCUT2D eigenvalue weighted by molar-refractivity contribution is -0.134. The third-order valence-corrected chi connectivity index (χ3v) is 2.43. The van der Waals surface area contributed by atoms with Crippen LogP contribution in [-0.2, 0) is 14.3 Å². The Kier molecular flexibility index (Phi) is 8.34. The zero-order valence-electron chi connectivity index (χ0n) is 12.7. The molecule has 0 saturated heterocycles. The van der Waals surface area contributed by atoms with E-state index in [0.29, 0.717) is 26.1 Å². The van der Waals surface area contributed by atoms with E-state index in [-0.39, 0.29) is 23.9 Å². The van der Waals surface area contributed by atoms with Crippen molar-refractivity contribution in [3.63, 3.8) is 0 Å². The van der Waals surface area contributed by atoms with Gasteiger partial charge >= 0.3 is 0 Å². The van der Waals surface area contributed by atoms with Crippen molar-refractivity contribution in [1.29, 1.82) is 0 Å². The summed E-state index contributed by atoms with van der Waals surface area (Å²) >= 11 is 0. The van der Waals surface area contributed by atoms with Crippen molar-refractivity contribution in [1.82, 2.24) is 15.5 Å². The highest BCUT2D eigenvalue weighted by Crippen LogP contribution is 1.99. The highest BCUT2D eigenvalue weighted by molar-refractivity contribution is 5.84. The van der Waals surface area contributed by atoms with Gasteiger partial charge in [-0.05, 0) is 20.8 Å². The quantitative estimate of drug-likeness (QED) is 0.610. The SMILES string of the molecule is COCCNC(=O)CN(C)C(=O)CCNC(C)(C)C. The first-order valence-corrected chi connectivity index (χ1v) is 6.51. The molecule has 0 spiro atoms. The summed E-state index contributed by atoms with van der Waals surface area (Å²) in [5.41, 5.74) is -0.00359. The summed E-state index contributed by atoms with van der Waals surface area (Å²) < 4.78 is 4.83. The van der Waals surface area contributed by atoms with Gasteiger partial charge in [-0.1, -0.05) is 0 Å². The number of nitrogens with one attached hydrogen (secondary N) is 2. The molecule has 0 saturated carbocycles. The first-order chi connectivity index (χ1) is 8.76. The number of hydrogen-bond donors (Lipinski definition) is 2. The molecule has 0 aromatic heterocycles. The smallest absolute Gasteiger partial charge is 0.239 e. The summed E-state index contributed by atoms with van der Waals surface area (Å²) in [6.45, 7) is 7.76. The van der Waals surface area contributed by atoms with E-state index in [2.05, 4.69) is 10.6 Å². The molecule has 19 heavy (non-hydrogen) atoms. The zero-order valence-corrected chi connectivity index (χ0v) is 12.7. The van der Waals surface area contributed by atoms with Crippen LogP contribution >= 0.6 is 0 Å². The summed E-state index contributed by atoms with van der Waals surface area (Å²) in [5.74, 6) is -0.213. The number of carbonyl (C=O) groups is 2. The minimum atomic E-state index is -0.170. The summed E-state index contributed by atoms with van der Waals surface area (Å²) in [7, 11) is 3.21. The fraction of sp³-hybridized carbons (Fsp3) is 0.846. The topological polar surface area (TPSA) is 70.7 Å². The van der Waals surface area contributed by atoms with Crippen LogP contribution in [0.5, 0.6) is 0 Å². The maximum absolute atomic E-state index is 11.8. The second-order valence-electron chi connectivity index (χ2n) is 5.52. The summed E-state index contributed by atoms with van der Waals surface area (Å²) in [4.78, 5) is 24.7. The molecule has 0 aliphatic carbocycles. The lowest BCUT2D eigenvalue weighted by atomic mass is 10.1. The first-order valence-electron chi connectivity index (χ1n) is 6.51. The Morgan fingerprint density at radius 2 is 1.84 bits per heavy atom. The standard InChI is InChI=1S/C13H27N3O3/c1-13(2,3)15-7-6-12(18)16(4)10-11(17)14-8-9-19-5/h15H,6-10H2,1-5H3,(H,14,17). The number of amides is 2. The highest BCUT2D eigenvalue weighted by atomic mass is 16.5. The molecule has 6 heteroatoms. The van der Waals surface area contributed by atoms with E-state index >= 15 is 0 Å². The van der Waals surface area contributed by atoms with Crippen LogP contribution in [0.2, 0.25) is 0 Å². The lowest BCUT2D eigenvalue weighted by Gasteiger charge is -2.22. The molecule has 0 bridgehead atoms. The fourth-order valence-electron chi connectivity index (χ4n) is 1.39. The van der Waals surface area contributed by atoms with Crippen LogP contribution in [0.3, 0.4) is 0 Å². The van der Waals surface area contributed by atoms with E-state index < -0.39 is 0 Å². The molecule has 0 heterocycles. The Labute approximate surface area is 115 Å². The molecule has 6 nitrogen and oxygen atoms in total. The maximum atomic E-state index is 11.8. The van der Waals surface area contributed by atoms with Crippen LogP contribution < -0.4 is 10.6 Å². The third kappa shape index (κ3) is 10.5. The number of carbonyl (C=O) groups excluding carboxylic acids is 2. The molecule has 0 atom stereocenters.